The van der Waals surface area contributed by atoms with Crippen molar-refractivity contribution in [1.82, 2.24) is 10.3 Å². The molecule has 2 N–H and O–H groups in total. The summed E-state index contributed by atoms with van der Waals surface area (Å²) in [6.45, 7) is 3.35. The Kier molecular flexibility index (Phi) is 3.37. The standard InChI is InChI=1S/C16H22N2/c1-12-5-7-15(8-6-12)18-11-14-4-2-3-13-9-10-17-16(13)14/h2-4,9-10,12,15,17-18H,5-8,11H2,1H3. The highest BCUT2D eigenvalue weighted by Gasteiger charge is 2.17. The third kappa shape index (κ3) is 2.44. The van der Waals surface area contributed by atoms with Crippen molar-refractivity contribution < 1.29 is 0 Å². The fourth-order valence-electron chi connectivity index (χ4n) is 3.02. The molecule has 96 valence electrons. The smallest absolute Gasteiger partial charge is 0.0499 e. The number of nitrogens with one attached hydrogen (secondary N) is 2. The summed E-state index contributed by atoms with van der Waals surface area (Å²) in [5.74, 6) is 0.926. The highest BCUT2D eigenvalue weighted by molar-refractivity contribution is 5.82. The average Bonchev–Trinajstić information content (AvgIpc) is 2.87. The molecule has 1 saturated carbocycles. The van der Waals surface area contributed by atoms with Gasteiger partial charge in [0.25, 0.3) is 0 Å². The van der Waals surface area contributed by atoms with Crippen LogP contribution >= 0.6 is 0 Å². The molecule has 18 heavy (non-hydrogen) atoms. The molecule has 2 heteroatoms. The molecule has 1 heterocycles. The number of para-hydroxylation sites is 1. The minimum absolute atomic E-state index is 0.714. The van der Waals surface area contributed by atoms with Gasteiger partial charge in [-0.3, -0.25) is 0 Å². The number of fused-ring (bicyclic) bond motifs is 1. The number of hydrogen-bond donors (Lipinski definition) is 2. The molecule has 1 aromatic carbocycles. The van der Waals surface area contributed by atoms with Crippen LogP contribution in [0.1, 0.15) is 38.2 Å². The van der Waals surface area contributed by atoms with Crippen LogP contribution in [0.3, 0.4) is 0 Å². The maximum absolute atomic E-state index is 3.72. The zero-order chi connectivity index (χ0) is 12.4. The molecule has 0 atom stereocenters. The Labute approximate surface area is 109 Å². The minimum Gasteiger partial charge on any atom is -0.361 e. The molecule has 0 amide bonds. The van der Waals surface area contributed by atoms with Crippen LogP contribution in [0.2, 0.25) is 0 Å². The Morgan fingerprint density at radius 3 is 2.83 bits per heavy atom. The van der Waals surface area contributed by atoms with Crippen LogP contribution in [0.25, 0.3) is 10.9 Å². The van der Waals surface area contributed by atoms with Gasteiger partial charge in [-0.1, -0.05) is 25.1 Å². The van der Waals surface area contributed by atoms with Crippen LogP contribution in [0.4, 0.5) is 0 Å². The van der Waals surface area contributed by atoms with E-state index in [4.69, 9.17) is 0 Å². The van der Waals surface area contributed by atoms with Gasteiger partial charge in [-0.15, -0.1) is 0 Å². The summed E-state index contributed by atoms with van der Waals surface area (Å²) in [6.07, 6.45) is 7.45. The van der Waals surface area contributed by atoms with E-state index >= 15 is 0 Å². The highest BCUT2D eigenvalue weighted by atomic mass is 14.9. The number of hydrogen-bond acceptors (Lipinski definition) is 1. The van der Waals surface area contributed by atoms with Gasteiger partial charge in [0.05, 0.1) is 0 Å². The maximum atomic E-state index is 3.72. The molecule has 0 unspecified atom stereocenters. The largest absolute Gasteiger partial charge is 0.361 e. The second-order valence-electron chi connectivity index (χ2n) is 5.70. The molecule has 2 aromatic rings. The van der Waals surface area contributed by atoms with E-state index in [1.165, 1.54) is 42.1 Å². The summed E-state index contributed by atoms with van der Waals surface area (Å²) in [5.41, 5.74) is 2.67. The van der Waals surface area contributed by atoms with Crippen LogP contribution in [-0.2, 0) is 6.54 Å². The van der Waals surface area contributed by atoms with E-state index in [9.17, 15) is 0 Å². The van der Waals surface area contributed by atoms with Crippen molar-refractivity contribution in [3.05, 3.63) is 36.0 Å². The average molecular weight is 242 g/mol. The molecule has 0 aliphatic heterocycles. The zero-order valence-corrected chi connectivity index (χ0v) is 11.1. The SMILES string of the molecule is CC1CCC(NCc2cccc3cc[nH]c23)CC1. The van der Waals surface area contributed by atoms with Gasteiger partial charge in [0.1, 0.15) is 0 Å². The highest BCUT2D eigenvalue weighted by Crippen LogP contribution is 2.24. The van der Waals surface area contributed by atoms with Crippen molar-refractivity contribution in [3.63, 3.8) is 0 Å². The second kappa shape index (κ2) is 5.15. The van der Waals surface area contributed by atoms with Gasteiger partial charge >= 0.3 is 0 Å². The number of aromatic nitrogens is 1. The minimum atomic E-state index is 0.714. The molecule has 3 rings (SSSR count). The fourth-order valence-corrected chi connectivity index (χ4v) is 3.02. The van der Waals surface area contributed by atoms with E-state index in [1.54, 1.807) is 0 Å². The summed E-state index contributed by atoms with van der Waals surface area (Å²) in [6, 6.07) is 9.39. The van der Waals surface area contributed by atoms with Crippen molar-refractivity contribution in [2.45, 2.75) is 45.2 Å². The first-order valence-electron chi connectivity index (χ1n) is 7.11. The van der Waals surface area contributed by atoms with Gasteiger partial charge in [0.15, 0.2) is 0 Å². The lowest BCUT2D eigenvalue weighted by Gasteiger charge is -2.27. The summed E-state index contributed by atoms with van der Waals surface area (Å²) in [5, 5.41) is 5.03. The van der Waals surface area contributed by atoms with Gasteiger partial charge in [0, 0.05) is 24.3 Å². The van der Waals surface area contributed by atoms with Crippen molar-refractivity contribution in [2.75, 3.05) is 0 Å². The van der Waals surface area contributed by atoms with E-state index in [0.29, 0.717) is 6.04 Å². The predicted molar refractivity (Wildman–Crippen MR) is 76.6 cm³/mol. The molecule has 1 aliphatic rings. The van der Waals surface area contributed by atoms with E-state index in [1.807, 2.05) is 6.20 Å². The number of rotatable bonds is 3. The molecule has 0 radical (unpaired) electrons. The van der Waals surface area contributed by atoms with Gasteiger partial charge in [-0.05, 0) is 48.6 Å². The molecule has 0 bridgehead atoms. The summed E-state index contributed by atoms with van der Waals surface area (Å²) >= 11 is 0. The van der Waals surface area contributed by atoms with E-state index < -0.39 is 0 Å². The number of benzene rings is 1. The Morgan fingerprint density at radius 2 is 2.00 bits per heavy atom. The van der Waals surface area contributed by atoms with Gasteiger partial charge in [-0.25, -0.2) is 0 Å². The molecule has 0 saturated heterocycles. The number of aromatic amines is 1. The molecule has 2 nitrogen and oxygen atoms in total. The van der Waals surface area contributed by atoms with Crippen molar-refractivity contribution in [3.8, 4) is 0 Å². The van der Waals surface area contributed by atoms with Gasteiger partial charge in [0.2, 0.25) is 0 Å². The quantitative estimate of drug-likeness (QED) is 0.841. The maximum Gasteiger partial charge on any atom is 0.0499 e. The Bertz CT molecular complexity index is 507. The first-order valence-corrected chi connectivity index (χ1v) is 7.11. The molecular weight excluding hydrogens is 220 g/mol. The lowest BCUT2D eigenvalue weighted by molar-refractivity contribution is 0.307. The summed E-state index contributed by atoms with van der Waals surface area (Å²) in [7, 11) is 0. The molecule has 1 aliphatic carbocycles. The normalized spacial score (nSPS) is 24.5. The van der Waals surface area contributed by atoms with Crippen LogP contribution in [0, 0.1) is 5.92 Å². The zero-order valence-electron chi connectivity index (χ0n) is 11.1. The molecule has 0 spiro atoms. The number of H-pyrrole nitrogens is 1. The second-order valence-corrected chi connectivity index (χ2v) is 5.70. The molecule has 1 aromatic heterocycles. The topological polar surface area (TPSA) is 27.8 Å². The fraction of sp³-hybridized carbons (Fsp3) is 0.500. The van der Waals surface area contributed by atoms with Crippen LogP contribution < -0.4 is 5.32 Å². The molecule has 1 fully saturated rings. The Morgan fingerprint density at radius 1 is 1.17 bits per heavy atom. The van der Waals surface area contributed by atoms with Gasteiger partial charge in [-0.2, -0.15) is 0 Å². The first-order chi connectivity index (χ1) is 8.83. The third-order valence-electron chi connectivity index (χ3n) is 4.27. The van der Waals surface area contributed by atoms with Crippen LogP contribution in [-0.4, -0.2) is 11.0 Å². The van der Waals surface area contributed by atoms with Gasteiger partial charge < -0.3 is 10.3 Å². The Balaban J connectivity index is 1.64. The first kappa shape index (κ1) is 11.8. The van der Waals surface area contributed by atoms with E-state index in [-0.39, 0.29) is 0 Å². The van der Waals surface area contributed by atoms with Crippen LogP contribution in [0.15, 0.2) is 30.5 Å². The third-order valence-corrected chi connectivity index (χ3v) is 4.27. The van der Waals surface area contributed by atoms with E-state index in [0.717, 1.165) is 12.5 Å². The van der Waals surface area contributed by atoms with Crippen molar-refractivity contribution >= 4 is 10.9 Å². The van der Waals surface area contributed by atoms with E-state index in [2.05, 4.69) is 41.5 Å². The summed E-state index contributed by atoms with van der Waals surface area (Å²) in [4.78, 5) is 3.34. The van der Waals surface area contributed by atoms with Crippen molar-refractivity contribution in [2.24, 2.45) is 5.92 Å². The Hall–Kier alpha value is -1.28. The monoisotopic (exact) mass is 242 g/mol. The summed E-state index contributed by atoms with van der Waals surface area (Å²) < 4.78 is 0. The lowest BCUT2D eigenvalue weighted by atomic mass is 9.87. The molecular formula is C16H22N2. The predicted octanol–water partition coefficient (Wildman–Crippen LogP) is 3.84. The van der Waals surface area contributed by atoms with Crippen molar-refractivity contribution in [1.29, 1.82) is 0 Å². The lowest BCUT2D eigenvalue weighted by Crippen LogP contribution is -2.32. The van der Waals surface area contributed by atoms with Crippen LogP contribution in [0.5, 0.6) is 0 Å².